The Bertz CT molecular complexity index is 269. The van der Waals surface area contributed by atoms with Crippen LogP contribution in [0.25, 0.3) is 0 Å². The molecule has 1 amide bonds. The van der Waals surface area contributed by atoms with E-state index in [2.05, 4.69) is 5.32 Å². The molecule has 7 heteroatoms. The first-order chi connectivity index (χ1) is 9.64. The molecule has 0 atom stereocenters. The molecule has 6 nitrogen and oxygen atoms in total. The molecule has 0 saturated heterocycles. The van der Waals surface area contributed by atoms with Crippen LogP contribution in [0.5, 0.6) is 0 Å². The SMILES string of the molecule is C/C=C\OC(=O)NCCC[Si](OCC)(OCC)OCC. The molecule has 0 aliphatic carbocycles. The van der Waals surface area contributed by atoms with Gasteiger partial charge in [-0.2, -0.15) is 0 Å². The highest BCUT2D eigenvalue weighted by atomic mass is 28.4. The van der Waals surface area contributed by atoms with Crippen LogP contribution < -0.4 is 5.32 Å². The molecular formula is C13H27NO5Si. The van der Waals surface area contributed by atoms with Crippen LogP contribution in [-0.4, -0.2) is 41.3 Å². The van der Waals surface area contributed by atoms with Crippen LogP contribution in [0, 0.1) is 0 Å². The number of rotatable bonds is 11. The maximum absolute atomic E-state index is 11.2. The fourth-order valence-electron chi connectivity index (χ4n) is 1.67. The Morgan fingerprint density at radius 2 is 1.65 bits per heavy atom. The van der Waals surface area contributed by atoms with E-state index in [0.29, 0.717) is 32.4 Å². The van der Waals surface area contributed by atoms with Crippen LogP contribution in [-0.2, 0) is 18.0 Å². The number of alkyl carbamates (subject to hydrolysis) is 1. The molecule has 118 valence electrons. The molecule has 0 spiro atoms. The van der Waals surface area contributed by atoms with Gasteiger partial charge in [0.05, 0.1) is 6.26 Å². The second-order valence-electron chi connectivity index (χ2n) is 3.89. The number of ether oxygens (including phenoxy) is 1. The predicted octanol–water partition coefficient (Wildman–Crippen LogP) is 2.68. The van der Waals surface area contributed by atoms with E-state index in [9.17, 15) is 4.79 Å². The fraction of sp³-hybridized carbons (Fsp3) is 0.769. The number of nitrogens with one attached hydrogen (secondary N) is 1. The van der Waals surface area contributed by atoms with E-state index in [-0.39, 0.29) is 0 Å². The van der Waals surface area contributed by atoms with Crippen molar-refractivity contribution in [2.75, 3.05) is 26.4 Å². The van der Waals surface area contributed by atoms with E-state index in [1.54, 1.807) is 13.0 Å². The van der Waals surface area contributed by atoms with E-state index in [4.69, 9.17) is 18.0 Å². The third-order valence-corrected chi connectivity index (χ3v) is 5.48. The van der Waals surface area contributed by atoms with E-state index in [1.165, 1.54) is 6.26 Å². The number of hydrogen-bond donors (Lipinski definition) is 1. The van der Waals surface area contributed by atoms with Gasteiger partial charge in [-0.1, -0.05) is 6.08 Å². The Morgan fingerprint density at radius 3 is 2.10 bits per heavy atom. The van der Waals surface area contributed by atoms with E-state index < -0.39 is 14.9 Å². The van der Waals surface area contributed by atoms with Crippen molar-refractivity contribution in [1.82, 2.24) is 5.32 Å². The quantitative estimate of drug-likeness (QED) is 0.361. The predicted molar refractivity (Wildman–Crippen MR) is 79.4 cm³/mol. The average molecular weight is 305 g/mol. The largest absolute Gasteiger partial charge is 0.500 e. The maximum atomic E-state index is 11.2. The monoisotopic (exact) mass is 305 g/mol. The average Bonchev–Trinajstić information content (AvgIpc) is 2.42. The minimum absolute atomic E-state index is 0.459. The van der Waals surface area contributed by atoms with Gasteiger partial charge in [0.1, 0.15) is 0 Å². The number of carbonyl (C=O) groups excluding carboxylic acids is 1. The molecule has 0 rings (SSSR count). The minimum atomic E-state index is -2.60. The van der Waals surface area contributed by atoms with E-state index in [0.717, 1.165) is 6.42 Å². The molecule has 0 heterocycles. The highest BCUT2D eigenvalue weighted by Gasteiger charge is 2.39. The van der Waals surface area contributed by atoms with E-state index >= 15 is 0 Å². The summed E-state index contributed by atoms with van der Waals surface area (Å²) in [5, 5.41) is 2.66. The summed E-state index contributed by atoms with van der Waals surface area (Å²) < 4.78 is 21.9. The van der Waals surface area contributed by atoms with Crippen molar-refractivity contribution < 1.29 is 22.8 Å². The van der Waals surface area contributed by atoms with Crippen molar-refractivity contribution in [3.63, 3.8) is 0 Å². The van der Waals surface area contributed by atoms with Crippen LogP contribution in [0.1, 0.15) is 34.1 Å². The number of carbonyl (C=O) groups is 1. The van der Waals surface area contributed by atoms with Crippen molar-refractivity contribution in [3.8, 4) is 0 Å². The molecule has 0 aromatic rings. The van der Waals surface area contributed by atoms with Gasteiger partial charge in [-0.15, -0.1) is 0 Å². The summed E-state index contributed by atoms with van der Waals surface area (Å²) >= 11 is 0. The molecule has 20 heavy (non-hydrogen) atoms. The summed E-state index contributed by atoms with van der Waals surface area (Å²) in [4.78, 5) is 11.2. The summed E-state index contributed by atoms with van der Waals surface area (Å²) in [5.41, 5.74) is 0. The second-order valence-corrected chi connectivity index (χ2v) is 6.62. The molecule has 0 aliphatic heterocycles. The van der Waals surface area contributed by atoms with Gasteiger partial charge < -0.3 is 23.3 Å². The standard InChI is InChI=1S/C13H27NO5Si/c1-5-11-16-13(15)14-10-9-12-20(17-6-2,18-7-3)19-8-4/h5,11H,6-10,12H2,1-4H3,(H,14,15)/b11-5-. The van der Waals surface area contributed by atoms with Crippen molar-refractivity contribution in [3.05, 3.63) is 12.3 Å². The molecule has 0 unspecified atom stereocenters. The van der Waals surface area contributed by atoms with Gasteiger partial charge in [-0.3, -0.25) is 0 Å². The molecule has 1 N–H and O–H groups in total. The lowest BCUT2D eigenvalue weighted by Gasteiger charge is -2.28. The third-order valence-electron chi connectivity index (χ3n) is 2.33. The van der Waals surface area contributed by atoms with Crippen LogP contribution in [0.3, 0.4) is 0 Å². The maximum Gasteiger partial charge on any atom is 0.500 e. The van der Waals surface area contributed by atoms with Crippen molar-refractivity contribution in [2.24, 2.45) is 0 Å². The first-order valence-corrected chi connectivity index (χ1v) is 9.04. The van der Waals surface area contributed by atoms with Gasteiger partial charge in [0.2, 0.25) is 0 Å². The molecule has 0 radical (unpaired) electrons. The molecule has 0 aromatic carbocycles. The second kappa shape index (κ2) is 11.9. The third kappa shape index (κ3) is 8.31. The normalized spacial score (nSPS) is 11.8. The topological polar surface area (TPSA) is 66.0 Å². The zero-order chi connectivity index (χ0) is 15.3. The highest BCUT2D eigenvalue weighted by Crippen LogP contribution is 2.17. The van der Waals surface area contributed by atoms with Crippen LogP contribution in [0.15, 0.2) is 12.3 Å². The Hall–Kier alpha value is -0.893. The van der Waals surface area contributed by atoms with Gasteiger partial charge in [0, 0.05) is 32.4 Å². The lowest BCUT2D eigenvalue weighted by atomic mass is 10.5. The van der Waals surface area contributed by atoms with Crippen LogP contribution in [0.2, 0.25) is 6.04 Å². The van der Waals surface area contributed by atoms with Crippen molar-refractivity contribution >= 4 is 14.9 Å². The summed E-state index contributed by atoms with van der Waals surface area (Å²) in [5.74, 6) is 0. The smallest absolute Gasteiger partial charge is 0.419 e. The van der Waals surface area contributed by atoms with E-state index in [1.807, 2.05) is 20.8 Å². The Kier molecular flexibility index (Phi) is 11.4. The molecule has 0 bridgehead atoms. The van der Waals surface area contributed by atoms with Gasteiger partial charge in [-0.25, -0.2) is 4.79 Å². The van der Waals surface area contributed by atoms with Gasteiger partial charge in [0.15, 0.2) is 0 Å². The lowest BCUT2D eigenvalue weighted by Crippen LogP contribution is -2.46. The lowest BCUT2D eigenvalue weighted by molar-refractivity contribution is 0.0707. The van der Waals surface area contributed by atoms with Crippen molar-refractivity contribution in [2.45, 2.75) is 40.2 Å². The Labute approximate surface area is 122 Å². The van der Waals surface area contributed by atoms with Crippen LogP contribution in [0.4, 0.5) is 4.79 Å². The summed E-state index contributed by atoms with van der Waals surface area (Å²) in [6, 6.07) is 0.673. The summed E-state index contributed by atoms with van der Waals surface area (Å²) in [7, 11) is -2.60. The first-order valence-electron chi connectivity index (χ1n) is 7.11. The van der Waals surface area contributed by atoms with Gasteiger partial charge >= 0.3 is 14.9 Å². The minimum Gasteiger partial charge on any atom is -0.419 e. The molecule has 0 aromatic heterocycles. The molecule has 0 aliphatic rings. The first kappa shape index (κ1) is 19.1. The van der Waals surface area contributed by atoms with Gasteiger partial charge in [0.25, 0.3) is 0 Å². The number of hydrogen-bond acceptors (Lipinski definition) is 5. The number of allylic oxidation sites excluding steroid dienone is 1. The zero-order valence-electron chi connectivity index (χ0n) is 12.9. The zero-order valence-corrected chi connectivity index (χ0v) is 13.9. The van der Waals surface area contributed by atoms with Crippen LogP contribution >= 0.6 is 0 Å². The molecule has 0 fully saturated rings. The number of amides is 1. The molecular weight excluding hydrogens is 278 g/mol. The molecule has 0 saturated carbocycles. The van der Waals surface area contributed by atoms with Gasteiger partial charge in [-0.05, 0) is 34.1 Å². The summed E-state index contributed by atoms with van der Waals surface area (Å²) in [6.07, 6.45) is 3.25. The summed E-state index contributed by atoms with van der Waals surface area (Å²) in [6.45, 7) is 9.72. The highest BCUT2D eigenvalue weighted by molar-refractivity contribution is 6.60. The Morgan fingerprint density at radius 1 is 1.10 bits per heavy atom. The fourth-order valence-corrected chi connectivity index (χ4v) is 4.28. The van der Waals surface area contributed by atoms with Crippen molar-refractivity contribution in [1.29, 1.82) is 0 Å². The Balaban J connectivity index is 4.14.